The van der Waals surface area contributed by atoms with Gasteiger partial charge in [0.05, 0.1) is 11.5 Å². The summed E-state index contributed by atoms with van der Waals surface area (Å²) in [5.41, 5.74) is 1.03. The summed E-state index contributed by atoms with van der Waals surface area (Å²) >= 11 is 0. The maximum atomic E-state index is 12.0. The molecule has 0 aliphatic carbocycles. The summed E-state index contributed by atoms with van der Waals surface area (Å²) in [5, 5.41) is 0. The van der Waals surface area contributed by atoms with Crippen LogP contribution in [0.15, 0.2) is 30.3 Å². The lowest BCUT2D eigenvalue weighted by Gasteiger charge is -2.28. The van der Waals surface area contributed by atoms with E-state index in [-0.39, 0.29) is 29.9 Å². The van der Waals surface area contributed by atoms with Crippen LogP contribution in [0, 0.1) is 5.92 Å². The van der Waals surface area contributed by atoms with Gasteiger partial charge in [-0.2, -0.15) is 0 Å². The van der Waals surface area contributed by atoms with Crippen LogP contribution in [-0.4, -0.2) is 38.6 Å². The number of hydrogen-bond acceptors (Lipinski definition) is 4. The maximum Gasteiger partial charge on any atom is 0.227 e. The van der Waals surface area contributed by atoms with Gasteiger partial charge in [0.2, 0.25) is 20.0 Å². The van der Waals surface area contributed by atoms with E-state index in [1.165, 1.54) is 0 Å². The van der Waals surface area contributed by atoms with Crippen LogP contribution in [0.3, 0.4) is 0 Å². The predicted molar refractivity (Wildman–Crippen MR) is 71.6 cm³/mol. The van der Waals surface area contributed by atoms with Gasteiger partial charge in [-0.15, -0.1) is 0 Å². The van der Waals surface area contributed by atoms with Crippen molar-refractivity contribution in [3.8, 4) is 0 Å². The van der Waals surface area contributed by atoms with Crippen molar-refractivity contribution in [1.29, 1.82) is 0 Å². The second kappa shape index (κ2) is 4.29. The number of rotatable bonds is 1. The summed E-state index contributed by atoms with van der Waals surface area (Å²) in [4.78, 5) is 0. The van der Waals surface area contributed by atoms with Gasteiger partial charge in [-0.1, -0.05) is 34.0 Å². The third kappa shape index (κ3) is 2.19. The van der Waals surface area contributed by atoms with Crippen LogP contribution < -0.4 is 0 Å². The van der Waals surface area contributed by atoms with Crippen LogP contribution in [-0.2, 0) is 20.0 Å². The van der Waals surface area contributed by atoms with Crippen molar-refractivity contribution in [3.63, 3.8) is 0 Å². The first-order chi connectivity index (χ1) is 8.90. The van der Waals surface area contributed by atoms with Gasteiger partial charge in [-0.05, 0) is 23.8 Å². The highest BCUT2D eigenvalue weighted by molar-refractivity contribution is 8.04. The molecule has 7 heteroatoms. The molecule has 0 N–H and O–H groups in total. The number of sulfonamides is 2. The van der Waals surface area contributed by atoms with Gasteiger partial charge in [0.1, 0.15) is 0 Å². The average Bonchev–Trinajstić information content (AvgIpc) is 2.53. The van der Waals surface area contributed by atoms with E-state index in [2.05, 4.69) is 0 Å². The summed E-state index contributed by atoms with van der Waals surface area (Å²) in [7, 11) is -7.33. The molecule has 0 saturated carbocycles. The molecule has 104 valence electrons. The Labute approximate surface area is 113 Å². The number of nitrogens with zero attached hydrogens (tertiary/aromatic N) is 1. The van der Waals surface area contributed by atoms with E-state index in [1.807, 2.05) is 30.3 Å². The Balaban J connectivity index is 2.06. The van der Waals surface area contributed by atoms with E-state index in [4.69, 9.17) is 0 Å². The number of hydrogen-bond donors (Lipinski definition) is 0. The molecule has 5 nitrogen and oxygen atoms in total. The third-order valence-electron chi connectivity index (χ3n) is 3.89. The normalized spacial score (nSPS) is 35.7. The van der Waals surface area contributed by atoms with Gasteiger partial charge >= 0.3 is 0 Å². The van der Waals surface area contributed by atoms with Crippen molar-refractivity contribution < 1.29 is 16.8 Å². The Bertz CT molecular complexity index is 646. The largest absolute Gasteiger partial charge is 0.227 e. The fraction of sp³-hybridized carbons (Fsp3) is 0.500. The molecule has 3 aliphatic heterocycles. The quantitative estimate of drug-likeness (QED) is 0.768. The minimum absolute atomic E-state index is 0.00162. The molecule has 4 rings (SSSR count). The van der Waals surface area contributed by atoms with Crippen LogP contribution in [0.5, 0.6) is 0 Å². The first kappa shape index (κ1) is 13.1. The molecule has 3 aliphatic rings. The Kier molecular flexibility index (Phi) is 2.95. The first-order valence-corrected chi connectivity index (χ1v) is 9.40. The van der Waals surface area contributed by atoms with Crippen molar-refractivity contribution in [2.75, 3.05) is 18.1 Å². The topological polar surface area (TPSA) is 71.5 Å². The summed E-state index contributed by atoms with van der Waals surface area (Å²) in [6.07, 6.45) is 0.563. The molecule has 1 aromatic carbocycles. The number of fused-ring (bicyclic) bond motifs is 4. The Hall–Kier alpha value is -0.920. The molecule has 3 heterocycles. The van der Waals surface area contributed by atoms with Gasteiger partial charge in [0, 0.05) is 6.54 Å². The third-order valence-corrected chi connectivity index (χ3v) is 8.56. The molecule has 2 bridgehead atoms. The second-order valence-corrected chi connectivity index (χ2v) is 9.23. The second-order valence-electron chi connectivity index (χ2n) is 5.12. The van der Waals surface area contributed by atoms with Crippen molar-refractivity contribution in [2.24, 2.45) is 5.92 Å². The molecule has 0 unspecified atom stereocenters. The molecular weight excluding hydrogens is 286 g/mol. The van der Waals surface area contributed by atoms with E-state index < -0.39 is 20.0 Å². The van der Waals surface area contributed by atoms with Crippen molar-refractivity contribution in [2.45, 2.75) is 12.3 Å². The number of benzene rings is 1. The first-order valence-electron chi connectivity index (χ1n) is 6.18. The fourth-order valence-corrected chi connectivity index (χ4v) is 7.84. The zero-order chi connectivity index (χ0) is 13.7. The van der Waals surface area contributed by atoms with Crippen LogP contribution in [0.1, 0.15) is 17.9 Å². The zero-order valence-electron chi connectivity index (χ0n) is 10.3. The highest BCUT2D eigenvalue weighted by atomic mass is 32.3. The molecule has 19 heavy (non-hydrogen) atoms. The molecule has 1 atom stereocenters. The SMILES string of the molecule is O=S1(=O)CC2CS(=O)(=O)N1CC[C@@H]2c1ccccc1. The van der Waals surface area contributed by atoms with Gasteiger partial charge in [-0.25, -0.2) is 16.8 Å². The highest BCUT2D eigenvalue weighted by Gasteiger charge is 2.48. The fourth-order valence-electron chi connectivity index (χ4n) is 3.06. The van der Waals surface area contributed by atoms with Crippen LogP contribution in [0.4, 0.5) is 0 Å². The van der Waals surface area contributed by atoms with Gasteiger partial charge in [-0.3, -0.25) is 0 Å². The van der Waals surface area contributed by atoms with Crippen molar-refractivity contribution in [3.05, 3.63) is 35.9 Å². The van der Waals surface area contributed by atoms with Crippen LogP contribution in [0.2, 0.25) is 0 Å². The molecule has 0 aromatic heterocycles. The monoisotopic (exact) mass is 301 g/mol. The van der Waals surface area contributed by atoms with Gasteiger partial charge < -0.3 is 0 Å². The minimum atomic E-state index is -3.66. The van der Waals surface area contributed by atoms with Gasteiger partial charge in [0.25, 0.3) is 0 Å². The standard InChI is InChI=1S/C12H15NO4S2/c14-18(15)8-11-9-19(16,17)13(18)7-6-12(11)10-4-2-1-3-5-10/h1-5,11-12H,6-9H2/t12-/m1/s1. The summed E-state index contributed by atoms with van der Waals surface area (Å²) in [5.74, 6) is -0.466. The molecular formula is C12H15NO4S2. The lowest BCUT2D eigenvalue weighted by atomic mass is 9.86. The zero-order valence-corrected chi connectivity index (χ0v) is 11.9. The van der Waals surface area contributed by atoms with E-state index in [9.17, 15) is 16.8 Å². The van der Waals surface area contributed by atoms with Crippen LogP contribution in [0.25, 0.3) is 0 Å². The minimum Gasteiger partial charge on any atom is -0.211 e. The Morgan fingerprint density at radius 3 is 2.11 bits per heavy atom. The Morgan fingerprint density at radius 2 is 1.53 bits per heavy atom. The lowest BCUT2D eigenvalue weighted by molar-refractivity contribution is 0.484. The summed E-state index contributed by atoms with van der Waals surface area (Å²) < 4.78 is 48.7. The molecule has 3 fully saturated rings. The van der Waals surface area contributed by atoms with Crippen molar-refractivity contribution >= 4 is 20.0 Å². The molecule has 1 aromatic rings. The highest BCUT2D eigenvalue weighted by Crippen LogP contribution is 2.39. The van der Waals surface area contributed by atoms with E-state index in [0.29, 0.717) is 10.1 Å². The molecule has 0 radical (unpaired) electrons. The average molecular weight is 301 g/mol. The summed E-state index contributed by atoms with van der Waals surface area (Å²) in [6.45, 7) is 0.0702. The Morgan fingerprint density at radius 1 is 0.947 bits per heavy atom. The maximum absolute atomic E-state index is 12.0. The van der Waals surface area contributed by atoms with Gasteiger partial charge in [0.15, 0.2) is 0 Å². The smallest absolute Gasteiger partial charge is 0.211 e. The van der Waals surface area contributed by atoms with E-state index in [1.54, 1.807) is 0 Å². The predicted octanol–water partition coefficient (Wildman–Crippen LogP) is 0.765. The van der Waals surface area contributed by atoms with Crippen LogP contribution >= 0.6 is 0 Å². The van der Waals surface area contributed by atoms with E-state index in [0.717, 1.165) is 5.56 Å². The molecule has 3 saturated heterocycles. The summed E-state index contributed by atoms with van der Waals surface area (Å²) in [6, 6.07) is 9.58. The lowest BCUT2D eigenvalue weighted by Crippen LogP contribution is -2.46. The van der Waals surface area contributed by atoms with E-state index >= 15 is 0 Å². The molecule has 0 spiro atoms. The molecule has 0 amide bonds. The van der Waals surface area contributed by atoms with Crippen molar-refractivity contribution in [1.82, 2.24) is 3.71 Å².